The van der Waals surface area contributed by atoms with Crippen molar-refractivity contribution in [2.45, 2.75) is 11.0 Å². The van der Waals surface area contributed by atoms with Gasteiger partial charge in [-0.3, -0.25) is 0 Å². The average molecular weight is 267 g/mol. The van der Waals surface area contributed by atoms with E-state index in [4.69, 9.17) is 9.52 Å². The molecule has 0 unspecified atom stereocenters. The lowest BCUT2D eigenvalue weighted by atomic mass is 10.3. The Hall–Kier alpha value is -1.53. The molecule has 0 radical (unpaired) electrons. The van der Waals surface area contributed by atoms with Gasteiger partial charge in [-0.1, -0.05) is 11.8 Å². The zero-order chi connectivity index (χ0) is 12.1. The normalized spacial score (nSPS) is 11.1. The first kappa shape index (κ1) is 11.9. The standard InChI is InChI=1S/C11H9NO3S2/c13-10(14)2-1-8-5-9(16-6-8)7-17-11-12-3-4-15-11/h1-6H,7H2,(H,13,14)/b2-1+. The number of carboxylic acid groups (broad SMARTS) is 1. The van der Waals surface area contributed by atoms with E-state index >= 15 is 0 Å². The van der Waals surface area contributed by atoms with Crippen molar-refractivity contribution in [3.8, 4) is 0 Å². The maximum absolute atomic E-state index is 10.4. The van der Waals surface area contributed by atoms with Crippen LogP contribution in [0.25, 0.3) is 6.08 Å². The fourth-order valence-electron chi connectivity index (χ4n) is 1.14. The second-order valence-corrected chi connectivity index (χ2v) is 5.03. The van der Waals surface area contributed by atoms with Gasteiger partial charge >= 0.3 is 5.97 Å². The second-order valence-electron chi connectivity index (χ2n) is 3.10. The van der Waals surface area contributed by atoms with Gasteiger partial charge in [-0.15, -0.1) is 11.3 Å². The van der Waals surface area contributed by atoms with Gasteiger partial charge in [0.25, 0.3) is 5.22 Å². The molecule has 0 spiro atoms. The molecule has 2 aromatic heterocycles. The number of oxazole rings is 1. The summed E-state index contributed by atoms with van der Waals surface area (Å²) in [5.41, 5.74) is 0.903. The van der Waals surface area contributed by atoms with Crippen LogP contribution in [0.4, 0.5) is 0 Å². The number of aromatic nitrogens is 1. The van der Waals surface area contributed by atoms with Crippen molar-refractivity contribution in [1.82, 2.24) is 4.98 Å². The van der Waals surface area contributed by atoms with Crippen LogP contribution in [-0.2, 0) is 10.5 Å². The Morgan fingerprint density at radius 2 is 2.53 bits per heavy atom. The lowest BCUT2D eigenvalue weighted by molar-refractivity contribution is -0.131. The van der Waals surface area contributed by atoms with E-state index in [1.54, 1.807) is 23.6 Å². The Bertz CT molecular complexity index is 517. The third-order valence-corrected chi connectivity index (χ3v) is 3.88. The van der Waals surface area contributed by atoms with Crippen molar-refractivity contribution >= 4 is 35.1 Å². The Kier molecular flexibility index (Phi) is 4.00. The number of carbonyl (C=O) groups is 1. The van der Waals surface area contributed by atoms with Crippen LogP contribution >= 0.6 is 23.1 Å². The van der Waals surface area contributed by atoms with Crippen molar-refractivity contribution in [2.24, 2.45) is 0 Å². The van der Waals surface area contributed by atoms with Crippen molar-refractivity contribution in [1.29, 1.82) is 0 Å². The van der Waals surface area contributed by atoms with Crippen LogP contribution in [0.2, 0.25) is 0 Å². The van der Waals surface area contributed by atoms with Crippen LogP contribution in [0.1, 0.15) is 10.4 Å². The molecule has 2 aromatic rings. The molecular formula is C11H9NO3S2. The van der Waals surface area contributed by atoms with Gasteiger partial charge in [0.05, 0.1) is 6.20 Å². The van der Waals surface area contributed by atoms with Crippen LogP contribution < -0.4 is 0 Å². The summed E-state index contributed by atoms with van der Waals surface area (Å²) in [5, 5.41) is 11.1. The SMILES string of the molecule is O=C(O)/C=C/c1csc(CSc2ncco2)c1. The molecule has 2 rings (SSSR count). The highest BCUT2D eigenvalue weighted by atomic mass is 32.2. The zero-order valence-electron chi connectivity index (χ0n) is 8.70. The molecule has 0 aliphatic carbocycles. The first-order valence-electron chi connectivity index (χ1n) is 4.75. The minimum atomic E-state index is -0.938. The van der Waals surface area contributed by atoms with Crippen molar-refractivity contribution in [3.63, 3.8) is 0 Å². The molecule has 0 atom stereocenters. The van der Waals surface area contributed by atoms with Crippen molar-refractivity contribution in [2.75, 3.05) is 0 Å². The number of thioether (sulfide) groups is 1. The van der Waals surface area contributed by atoms with E-state index in [-0.39, 0.29) is 0 Å². The van der Waals surface area contributed by atoms with E-state index < -0.39 is 5.97 Å². The molecule has 1 N–H and O–H groups in total. The number of aliphatic carboxylic acids is 1. The van der Waals surface area contributed by atoms with Gasteiger partial charge in [0.2, 0.25) is 0 Å². The summed E-state index contributed by atoms with van der Waals surface area (Å²) in [6, 6.07) is 1.96. The van der Waals surface area contributed by atoms with Crippen molar-refractivity contribution in [3.05, 3.63) is 40.4 Å². The molecule has 0 aliphatic heterocycles. The van der Waals surface area contributed by atoms with E-state index in [0.29, 0.717) is 5.22 Å². The van der Waals surface area contributed by atoms with E-state index in [0.717, 1.165) is 22.3 Å². The quantitative estimate of drug-likeness (QED) is 0.666. The van der Waals surface area contributed by atoms with E-state index in [1.165, 1.54) is 18.0 Å². The maximum Gasteiger partial charge on any atom is 0.328 e. The lowest BCUT2D eigenvalue weighted by Crippen LogP contribution is -1.84. The maximum atomic E-state index is 10.4. The largest absolute Gasteiger partial charge is 0.478 e. The summed E-state index contributed by atoms with van der Waals surface area (Å²) in [6.45, 7) is 0. The fourth-order valence-corrected chi connectivity index (χ4v) is 2.84. The average Bonchev–Trinajstić information content (AvgIpc) is 2.95. The third kappa shape index (κ3) is 3.76. The number of thiophene rings is 1. The topological polar surface area (TPSA) is 63.3 Å². The molecule has 2 heterocycles. The second kappa shape index (κ2) is 5.70. The monoisotopic (exact) mass is 267 g/mol. The van der Waals surface area contributed by atoms with Gasteiger partial charge in [-0.2, -0.15) is 0 Å². The minimum absolute atomic E-state index is 0.640. The number of carboxylic acids is 1. The fraction of sp³-hybridized carbons (Fsp3) is 0.0909. The van der Waals surface area contributed by atoms with Crippen LogP contribution in [0.5, 0.6) is 0 Å². The first-order chi connectivity index (χ1) is 8.24. The predicted molar refractivity (Wildman–Crippen MR) is 67.1 cm³/mol. The van der Waals surface area contributed by atoms with Crippen LogP contribution in [0.3, 0.4) is 0 Å². The Morgan fingerprint density at radius 1 is 1.65 bits per heavy atom. The molecule has 0 aliphatic rings. The van der Waals surface area contributed by atoms with Crippen molar-refractivity contribution < 1.29 is 14.3 Å². The van der Waals surface area contributed by atoms with Gasteiger partial charge < -0.3 is 9.52 Å². The van der Waals surface area contributed by atoms with Crippen LogP contribution in [-0.4, -0.2) is 16.1 Å². The van der Waals surface area contributed by atoms with Gasteiger partial charge in [0, 0.05) is 16.7 Å². The van der Waals surface area contributed by atoms with E-state index in [1.807, 2.05) is 11.4 Å². The van der Waals surface area contributed by atoms with Crippen LogP contribution in [0, 0.1) is 0 Å². The summed E-state index contributed by atoms with van der Waals surface area (Å²) in [6.07, 6.45) is 5.86. The summed E-state index contributed by atoms with van der Waals surface area (Å²) in [7, 11) is 0. The summed E-state index contributed by atoms with van der Waals surface area (Å²) < 4.78 is 5.11. The highest BCUT2D eigenvalue weighted by Crippen LogP contribution is 2.25. The van der Waals surface area contributed by atoms with Gasteiger partial charge in [-0.25, -0.2) is 9.78 Å². The summed E-state index contributed by atoms with van der Waals surface area (Å²) >= 11 is 3.10. The van der Waals surface area contributed by atoms with E-state index in [9.17, 15) is 4.79 Å². The molecule has 0 aromatic carbocycles. The Balaban J connectivity index is 1.92. The number of hydrogen-bond donors (Lipinski definition) is 1. The van der Waals surface area contributed by atoms with E-state index in [2.05, 4.69) is 4.98 Å². The molecule has 6 heteroatoms. The predicted octanol–water partition coefficient (Wildman–Crippen LogP) is 3.13. The molecule has 0 amide bonds. The molecule has 0 fully saturated rings. The number of hydrogen-bond acceptors (Lipinski definition) is 5. The molecule has 0 saturated carbocycles. The third-order valence-electron chi connectivity index (χ3n) is 1.84. The van der Waals surface area contributed by atoms with Crippen LogP contribution in [0.15, 0.2) is 39.6 Å². The molecule has 17 heavy (non-hydrogen) atoms. The highest BCUT2D eigenvalue weighted by Gasteiger charge is 2.02. The lowest BCUT2D eigenvalue weighted by Gasteiger charge is -1.91. The van der Waals surface area contributed by atoms with Gasteiger partial charge in [-0.05, 0) is 23.1 Å². The molecule has 0 saturated heterocycles. The Morgan fingerprint density at radius 3 is 3.24 bits per heavy atom. The molecular weight excluding hydrogens is 258 g/mol. The molecule has 4 nitrogen and oxygen atoms in total. The number of nitrogens with zero attached hydrogens (tertiary/aromatic N) is 1. The summed E-state index contributed by atoms with van der Waals surface area (Å²) in [4.78, 5) is 15.5. The first-order valence-corrected chi connectivity index (χ1v) is 6.61. The molecule has 0 bridgehead atoms. The number of rotatable bonds is 5. The smallest absolute Gasteiger partial charge is 0.328 e. The van der Waals surface area contributed by atoms with Gasteiger partial charge in [0.15, 0.2) is 0 Å². The van der Waals surface area contributed by atoms with Gasteiger partial charge in [0.1, 0.15) is 6.26 Å². The Labute approximate surface area is 106 Å². The zero-order valence-corrected chi connectivity index (χ0v) is 10.3. The summed E-state index contributed by atoms with van der Waals surface area (Å²) in [5.74, 6) is -0.168. The molecule has 88 valence electrons. The minimum Gasteiger partial charge on any atom is -0.478 e. The highest BCUT2D eigenvalue weighted by molar-refractivity contribution is 7.98.